The Labute approximate surface area is 221 Å². The second-order valence-corrected chi connectivity index (χ2v) is 10.3. The molecule has 3 aromatic rings. The predicted octanol–water partition coefficient (Wildman–Crippen LogP) is 5.87. The van der Waals surface area contributed by atoms with Crippen LogP contribution in [0.2, 0.25) is 0 Å². The molecular formula is C27H27F6N5O. The molecule has 1 aromatic heterocycles. The topological polar surface area (TPSA) is 63.0 Å². The first-order valence-electron chi connectivity index (χ1n) is 12.6. The van der Waals surface area contributed by atoms with Gasteiger partial charge in [0.2, 0.25) is 5.92 Å². The largest absolute Gasteiger partial charge is 0.416 e. The van der Waals surface area contributed by atoms with E-state index in [2.05, 4.69) is 15.5 Å². The Morgan fingerprint density at radius 1 is 1.15 bits per heavy atom. The van der Waals surface area contributed by atoms with E-state index in [-0.39, 0.29) is 41.3 Å². The molecule has 2 aliphatic rings. The van der Waals surface area contributed by atoms with E-state index in [4.69, 9.17) is 0 Å². The van der Waals surface area contributed by atoms with Gasteiger partial charge in [-0.1, -0.05) is 19.1 Å². The predicted molar refractivity (Wildman–Crippen MR) is 131 cm³/mol. The number of nitrogens with one attached hydrogen (secondary N) is 1. The number of fused-ring (bicyclic) bond motifs is 1. The summed E-state index contributed by atoms with van der Waals surface area (Å²) < 4.78 is 87.5. The first-order chi connectivity index (χ1) is 18.4. The molecule has 1 atom stereocenters. The SMILES string of the molecule is CCCNCc1cc2c(c(C(F)(F)F)c1)CN(c1cccc(C3([C@H](F)c4nncn4C)CC(F)(F)C3)c1)C2=O. The van der Waals surface area contributed by atoms with Crippen LogP contribution >= 0.6 is 0 Å². The monoisotopic (exact) mass is 551 g/mol. The fourth-order valence-electron chi connectivity index (χ4n) is 5.59. The second-order valence-electron chi connectivity index (χ2n) is 10.3. The standard InChI is InChI=1S/C27H27F6N5O/c1-3-7-34-11-16-8-19-20(21(9-16)27(31,32)33)12-38(24(19)39)18-6-4-5-17(10-18)25(13-26(29,30)14-25)22(28)23-36-35-15-37(23)2/h4-6,8-10,15,22,34H,3,7,11-14H2,1-2H3/t22-/m1/s1. The smallest absolute Gasteiger partial charge is 0.318 e. The van der Waals surface area contributed by atoms with Gasteiger partial charge in [-0.05, 0) is 53.9 Å². The van der Waals surface area contributed by atoms with Crippen molar-refractivity contribution in [1.82, 2.24) is 20.1 Å². The number of aromatic nitrogens is 3. The molecule has 208 valence electrons. The number of halogens is 6. The summed E-state index contributed by atoms with van der Waals surface area (Å²) in [7, 11) is 1.51. The van der Waals surface area contributed by atoms with Crippen LogP contribution in [-0.4, -0.2) is 33.1 Å². The maximum absolute atomic E-state index is 15.8. The van der Waals surface area contributed by atoms with Gasteiger partial charge in [0.15, 0.2) is 12.0 Å². The van der Waals surface area contributed by atoms with Gasteiger partial charge in [0.1, 0.15) is 6.33 Å². The van der Waals surface area contributed by atoms with Crippen molar-refractivity contribution in [2.45, 2.75) is 63.0 Å². The molecule has 0 spiro atoms. The zero-order chi connectivity index (χ0) is 28.2. The van der Waals surface area contributed by atoms with Crippen molar-refractivity contribution in [3.05, 3.63) is 76.4 Å². The lowest BCUT2D eigenvalue weighted by Crippen LogP contribution is -2.52. The van der Waals surface area contributed by atoms with Crippen LogP contribution in [0.25, 0.3) is 0 Å². The normalized spacial score (nSPS) is 18.7. The molecular weight excluding hydrogens is 524 g/mol. The van der Waals surface area contributed by atoms with Crippen LogP contribution in [0, 0.1) is 0 Å². The van der Waals surface area contributed by atoms with Crippen molar-refractivity contribution in [3.8, 4) is 0 Å². The molecule has 5 rings (SSSR count). The Bertz CT molecular complexity index is 1390. The van der Waals surface area contributed by atoms with Crippen LogP contribution in [0.4, 0.5) is 32.0 Å². The number of carbonyl (C=O) groups excluding carboxylic acids is 1. The number of anilines is 1. The van der Waals surface area contributed by atoms with Crippen molar-refractivity contribution in [1.29, 1.82) is 0 Å². The summed E-state index contributed by atoms with van der Waals surface area (Å²) in [5, 5.41) is 10.5. The van der Waals surface area contributed by atoms with Crippen LogP contribution in [0.5, 0.6) is 0 Å². The van der Waals surface area contributed by atoms with E-state index in [1.165, 1.54) is 53.2 Å². The number of alkyl halides is 6. The van der Waals surface area contributed by atoms with Crippen molar-refractivity contribution in [3.63, 3.8) is 0 Å². The molecule has 12 heteroatoms. The fourth-order valence-corrected chi connectivity index (χ4v) is 5.59. The molecule has 1 fully saturated rings. The Balaban J connectivity index is 1.51. The number of hydrogen-bond acceptors (Lipinski definition) is 4. The minimum Gasteiger partial charge on any atom is -0.318 e. The number of carbonyl (C=O) groups is 1. The van der Waals surface area contributed by atoms with Gasteiger partial charge in [-0.15, -0.1) is 10.2 Å². The van der Waals surface area contributed by atoms with Crippen molar-refractivity contribution < 1.29 is 31.1 Å². The molecule has 0 bridgehead atoms. The van der Waals surface area contributed by atoms with E-state index < -0.39 is 48.0 Å². The van der Waals surface area contributed by atoms with Gasteiger partial charge in [-0.25, -0.2) is 13.2 Å². The van der Waals surface area contributed by atoms with Crippen molar-refractivity contribution >= 4 is 11.6 Å². The lowest BCUT2D eigenvalue weighted by molar-refractivity contribution is -0.151. The molecule has 2 aromatic carbocycles. The van der Waals surface area contributed by atoms with Crippen molar-refractivity contribution in [2.24, 2.45) is 7.05 Å². The van der Waals surface area contributed by atoms with Crippen LogP contribution in [0.15, 0.2) is 42.7 Å². The first kappa shape index (κ1) is 27.2. The maximum atomic E-state index is 15.8. The van der Waals surface area contributed by atoms with E-state index in [0.29, 0.717) is 12.1 Å². The maximum Gasteiger partial charge on any atom is 0.416 e. The quantitative estimate of drug-likeness (QED) is 0.281. The van der Waals surface area contributed by atoms with E-state index in [9.17, 15) is 26.7 Å². The zero-order valence-electron chi connectivity index (χ0n) is 21.3. The van der Waals surface area contributed by atoms with Gasteiger partial charge in [-0.3, -0.25) is 4.79 Å². The molecule has 1 amide bonds. The van der Waals surface area contributed by atoms with E-state index >= 15 is 4.39 Å². The summed E-state index contributed by atoms with van der Waals surface area (Å²) in [4.78, 5) is 14.6. The second kappa shape index (κ2) is 9.65. The van der Waals surface area contributed by atoms with E-state index in [1.54, 1.807) is 0 Å². The Morgan fingerprint density at radius 3 is 2.51 bits per heavy atom. The summed E-state index contributed by atoms with van der Waals surface area (Å²) >= 11 is 0. The molecule has 1 saturated carbocycles. The molecule has 1 aliphatic carbocycles. The summed E-state index contributed by atoms with van der Waals surface area (Å²) in [6.07, 6.45) is -6.09. The Hall–Kier alpha value is -3.41. The minimum atomic E-state index is -4.68. The van der Waals surface area contributed by atoms with Crippen LogP contribution in [-0.2, 0) is 31.7 Å². The Kier molecular flexibility index (Phi) is 6.72. The molecule has 1 N–H and O–H groups in total. The summed E-state index contributed by atoms with van der Waals surface area (Å²) in [5.74, 6) is -3.84. The van der Waals surface area contributed by atoms with E-state index in [0.717, 1.165) is 12.5 Å². The molecule has 6 nitrogen and oxygen atoms in total. The minimum absolute atomic E-state index is 0.0594. The highest BCUT2D eigenvalue weighted by molar-refractivity contribution is 6.10. The highest BCUT2D eigenvalue weighted by Gasteiger charge is 2.62. The lowest BCUT2D eigenvalue weighted by atomic mass is 9.59. The summed E-state index contributed by atoms with van der Waals surface area (Å²) in [6, 6.07) is 8.42. The van der Waals surface area contributed by atoms with Crippen LogP contribution < -0.4 is 10.2 Å². The zero-order valence-corrected chi connectivity index (χ0v) is 21.3. The number of aryl methyl sites for hydroxylation is 1. The first-order valence-corrected chi connectivity index (χ1v) is 12.6. The summed E-state index contributed by atoms with van der Waals surface area (Å²) in [5.41, 5.74) is -1.98. The molecule has 0 radical (unpaired) electrons. The van der Waals surface area contributed by atoms with Gasteiger partial charge in [0.25, 0.3) is 5.91 Å². The molecule has 1 aliphatic heterocycles. The van der Waals surface area contributed by atoms with Crippen molar-refractivity contribution in [2.75, 3.05) is 11.4 Å². The highest BCUT2D eigenvalue weighted by Crippen LogP contribution is 2.60. The fraction of sp³-hybridized carbons (Fsp3) is 0.444. The van der Waals surface area contributed by atoms with Gasteiger partial charge in [-0.2, -0.15) is 13.2 Å². The number of amides is 1. The molecule has 2 heterocycles. The average Bonchev–Trinajstić information content (AvgIpc) is 3.44. The highest BCUT2D eigenvalue weighted by atomic mass is 19.4. The van der Waals surface area contributed by atoms with Gasteiger partial charge < -0.3 is 14.8 Å². The third kappa shape index (κ3) is 4.79. The number of rotatable bonds is 8. The third-order valence-electron chi connectivity index (χ3n) is 7.50. The molecule has 0 unspecified atom stereocenters. The number of hydrogen-bond donors (Lipinski definition) is 1. The number of nitrogens with zero attached hydrogens (tertiary/aromatic N) is 4. The van der Waals surface area contributed by atoms with Gasteiger partial charge in [0, 0.05) is 43.1 Å². The lowest BCUT2D eigenvalue weighted by Gasteiger charge is -2.49. The van der Waals surface area contributed by atoms with E-state index in [1.807, 2.05) is 6.92 Å². The number of benzene rings is 2. The summed E-state index contributed by atoms with van der Waals surface area (Å²) in [6.45, 7) is 2.36. The molecule has 39 heavy (non-hydrogen) atoms. The van der Waals surface area contributed by atoms with Gasteiger partial charge >= 0.3 is 6.18 Å². The van der Waals surface area contributed by atoms with Crippen LogP contribution in [0.1, 0.15) is 70.8 Å². The average molecular weight is 552 g/mol. The molecule has 0 saturated heterocycles. The van der Waals surface area contributed by atoms with Crippen LogP contribution in [0.3, 0.4) is 0 Å². The Morgan fingerprint density at radius 2 is 1.90 bits per heavy atom. The van der Waals surface area contributed by atoms with Gasteiger partial charge in [0.05, 0.1) is 12.1 Å². The third-order valence-corrected chi connectivity index (χ3v) is 7.50.